The van der Waals surface area contributed by atoms with Gasteiger partial charge in [-0.05, 0) is 43.7 Å². The number of hydrogen-bond acceptors (Lipinski definition) is 5. The SMILES string of the molecule is Cl.Cl.NC(CNC(=O)c1ccc(N2CCCC2)nn1)C1CC1. The minimum Gasteiger partial charge on any atom is -0.355 e. The van der Waals surface area contributed by atoms with Crippen LogP contribution in [0.5, 0.6) is 0 Å². The summed E-state index contributed by atoms with van der Waals surface area (Å²) in [5.74, 6) is 1.24. The maximum atomic E-state index is 11.9. The highest BCUT2D eigenvalue weighted by molar-refractivity contribution is 5.92. The Kier molecular flexibility index (Phi) is 7.32. The van der Waals surface area contributed by atoms with E-state index in [1.165, 1.54) is 25.7 Å². The molecule has 2 fully saturated rings. The summed E-state index contributed by atoms with van der Waals surface area (Å²) in [4.78, 5) is 14.1. The number of carbonyl (C=O) groups is 1. The molecule has 0 aromatic carbocycles. The molecule has 1 aromatic heterocycles. The van der Waals surface area contributed by atoms with Gasteiger partial charge in [0.1, 0.15) is 0 Å². The molecule has 124 valence electrons. The van der Waals surface area contributed by atoms with Gasteiger partial charge in [0.2, 0.25) is 0 Å². The van der Waals surface area contributed by atoms with Crippen LogP contribution in [-0.4, -0.2) is 41.8 Å². The molecule has 1 saturated heterocycles. The first-order valence-corrected chi connectivity index (χ1v) is 7.36. The number of aromatic nitrogens is 2. The minimum absolute atomic E-state index is 0. The number of halogens is 2. The summed E-state index contributed by atoms with van der Waals surface area (Å²) < 4.78 is 0. The molecule has 1 aliphatic carbocycles. The molecule has 1 saturated carbocycles. The van der Waals surface area contributed by atoms with Crippen LogP contribution in [0, 0.1) is 5.92 Å². The van der Waals surface area contributed by atoms with Crippen molar-refractivity contribution in [1.29, 1.82) is 0 Å². The molecule has 1 amide bonds. The highest BCUT2D eigenvalue weighted by atomic mass is 35.5. The molecule has 1 aromatic rings. The number of anilines is 1. The predicted molar refractivity (Wildman–Crippen MR) is 91.0 cm³/mol. The van der Waals surface area contributed by atoms with E-state index in [1.807, 2.05) is 6.07 Å². The van der Waals surface area contributed by atoms with Crippen molar-refractivity contribution in [2.75, 3.05) is 24.5 Å². The zero-order chi connectivity index (χ0) is 13.9. The second kappa shape index (κ2) is 8.50. The van der Waals surface area contributed by atoms with Crippen molar-refractivity contribution in [3.63, 3.8) is 0 Å². The Morgan fingerprint density at radius 3 is 2.50 bits per heavy atom. The molecular formula is C14H23Cl2N5O. The molecule has 8 heteroatoms. The van der Waals surface area contributed by atoms with Crippen LogP contribution < -0.4 is 16.0 Å². The van der Waals surface area contributed by atoms with Gasteiger partial charge in [0.15, 0.2) is 11.5 Å². The molecule has 3 rings (SSSR count). The molecule has 0 radical (unpaired) electrons. The number of nitrogens with zero attached hydrogens (tertiary/aromatic N) is 3. The van der Waals surface area contributed by atoms with Gasteiger partial charge in [-0.1, -0.05) is 0 Å². The molecule has 22 heavy (non-hydrogen) atoms. The maximum absolute atomic E-state index is 11.9. The Morgan fingerprint density at radius 1 is 1.27 bits per heavy atom. The van der Waals surface area contributed by atoms with Crippen LogP contribution in [0.3, 0.4) is 0 Å². The molecule has 3 N–H and O–H groups in total. The van der Waals surface area contributed by atoms with Crippen LogP contribution in [0.25, 0.3) is 0 Å². The number of nitrogens with one attached hydrogen (secondary N) is 1. The van der Waals surface area contributed by atoms with Gasteiger partial charge < -0.3 is 16.0 Å². The van der Waals surface area contributed by atoms with E-state index in [4.69, 9.17) is 5.73 Å². The fraction of sp³-hybridized carbons (Fsp3) is 0.643. The van der Waals surface area contributed by atoms with Gasteiger partial charge in [-0.2, -0.15) is 0 Å². The molecule has 1 aliphatic heterocycles. The first kappa shape index (κ1) is 18.9. The summed E-state index contributed by atoms with van der Waals surface area (Å²) in [6.07, 6.45) is 4.76. The lowest BCUT2D eigenvalue weighted by Crippen LogP contribution is -2.38. The summed E-state index contributed by atoms with van der Waals surface area (Å²) in [5.41, 5.74) is 6.31. The zero-order valence-corrected chi connectivity index (χ0v) is 14.0. The number of amides is 1. The number of nitrogens with two attached hydrogens (primary N) is 1. The topological polar surface area (TPSA) is 84.1 Å². The minimum atomic E-state index is -0.193. The Hall–Kier alpha value is -1.11. The van der Waals surface area contributed by atoms with Crippen molar-refractivity contribution in [2.45, 2.75) is 31.7 Å². The molecule has 6 nitrogen and oxygen atoms in total. The van der Waals surface area contributed by atoms with E-state index < -0.39 is 0 Å². The van der Waals surface area contributed by atoms with E-state index in [-0.39, 0.29) is 36.8 Å². The van der Waals surface area contributed by atoms with Gasteiger partial charge >= 0.3 is 0 Å². The number of carbonyl (C=O) groups excluding carboxylic acids is 1. The van der Waals surface area contributed by atoms with E-state index in [9.17, 15) is 4.79 Å². The van der Waals surface area contributed by atoms with Crippen LogP contribution in [0.4, 0.5) is 5.82 Å². The van der Waals surface area contributed by atoms with Crippen molar-refractivity contribution in [3.8, 4) is 0 Å². The lowest BCUT2D eigenvalue weighted by Gasteiger charge is -2.15. The lowest BCUT2D eigenvalue weighted by atomic mass is 10.2. The smallest absolute Gasteiger partial charge is 0.271 e. The van der Waals surface area contributed by atoms with E-state index in [1.54, 1.807) is 6.07 Å². The summed E-state index contributed by atoms with van der Waals surface area (Å²) in [6, 6.07) is 3.67. The van der Waals surface area contributed by atoms with Gasteiger partial charge in [0.05, 0.1) is 0 Å². The van der Waals surface area contributed by atoms with E-state index >= 15 is 0 Å². The highest BCUT2D eigenvalue weighted by Crippen LogP contribution is 2.31. The summed E-state index contributed by atoms with van der Waals surface area (Å²) in [6.45, 7) is 2.56. The Labute approximate surface area is 143 Å². The molecule has 2 aliphatic rings. The first-order valence-electron chi connectivity index (χ1n) is 7.36. The Bertz CT molecular complexity index is 475. The third-order valence-electron chi connectivity index (χ3n) is 4.04. The normalized spacial score (nSPS) is 18.1. The average molecular weight is 348 g/mol. The van der Waals surface area contributed by atoms with Crippen LogP contribution >= 0.6 is 24.8 Å². The van der Waals surface area contributed by atoms with Crippen LogP contribution in [-0.2, 0) is 0 Å². The third kappa shape index (κ3) is 4.69. The largest absolute Gasteiger partial charge is 0.355 e. The fourth-order valence-electron chi connectivity index (χ4n) is 2.55. The van der Waals surface area contributed by atoms with Crippen molar-refractivity contribution >= 4 is 36.5 Å². The standard InChI is InChI=1S/C14H21N5O.2ClH/c15-11(10-3-4-10)9-16-14(20)12-5-6-13(18-17-12)19-7-1-2-8-19;;/h5-6,10-11H,1-4,7-9,15H2,(H,16,20);2*1H. The van der Waals surface area contributed by atoms with E-state index in [2.05, 4.69) is 20.4 Å². The molecule has 0 bridgehead atoms. The quantitative estimate of drug-likeness (QED) is 0.840. The van der Waals surface area contributed by atoms with Crippen molar-refractivity contribution in [1.82, 2.24) is 15.5 Å². The highest BCUT2D eigenvalue weighted by Gasteiger charge is 2.28. The molecule has 2 heterocycles. The Balaban J connectivity index is 0.00000121. The monoisotopic (exact) mass is 347 g/mol. The molecule has 0 spiro atoms. The Morgan fingerprint density at radius 2 is 1.95 bits per heavy atom. The van der Waals surface area contributed by atoms with Crippen molar-refractivity contribution in [3.05, 3.63) is 17.8 Å². The third-order valence-corrected chi connectivity index (χ3v) is 4.04. The average Bonchev–Trinajstić information content (AvgIpc) is 3.19. The molecule has 1 atom stereocenters. The first-order chi connectivity index (χ1) is 9.74. The van der Waals surface area contributed by atoms with Crippen molar-refractivity contribution in [2.24, 2.45) is 11.7 Å². The summed E-state index contributed by atoms with van der Waals surface area (Å²) >= 11 is 0. The fourth-order valence-corrected chi connectivity index (χ4v) is 2.55. The van der Waals surface area contributed by atoms with Crippen LogP contribution in [0.15, 0.2) is 12.1 Å². The molecule has 1 unspecified atom stereocenters. The van der Waals surface area contributed by atoms with E-state index in [0.29, 0.717) is 18.2 Å². The number of hydrogen-bond donors (Lipinski definition) is 2. The van der Waals surface area contributed by atoms with Gasteiger partial charge in [0, 0.05) is 25.7 Å². The lowest BCUT2D eigenvalue weighted by molar-refractivity contribution is 0.0944. The van der Waals surface area contributed by atoms with Crippen molar-refractivity contribution < 1.29 is 4.79 Å². The van der Waals surface area contributed by atoms with E-state index in [0.717, 1.165) is 18.9 Å². The summed E-state index contributed by atoms with van der Waals surface area (Å²) in [7, 11) is 0. The van der Waals surface area contributed by atoms with Gasteiger partial charge in [-0.3, -0.25) is 4.79 Å². The second-order valence-electron chi connectivity index (χ2n) is 5.68. The van der Waals surface area contributed by atoms with Crippen LogP contribution in [0.1, 0.15) is 36.2 Å². The maximum Gasteiger partial charge on any atom is 0.271 e. The summed E-state index contributed by atoms with van der Waals surface area (Å²) in [5, 5.41) is 11.0. The van der Waals surface area contributed by atoms with Crippen LogP contribution in [0.2, 0.25) is 0 Å². The predicted octanol–water partition coefficient (Wildman–Crippen LogP) is 1.39. The van der Waals surface area contributed by atoms with Gasteiger partial charge in [-0.15, -0.1) is 35.0 Å². The van der Waals surface area contributed by atoms with Gasteiger partial charge in [-0.25, -0.2) is 0 Å². The second-order valence-corrected chi connectivity index (χ2v) is 5.68. The molecular weight excluding hydrogens is 325 g/mol. The van der Waals surface area contributed by atoms with Gasteiger partial charge in [0.25, 0.3) is 5.91 Å². The number of rotatable bonds is 5. The zero-order valence-electron chi connectivity index (χ0n) is 12.4.